The molecule has 0 bridgehead atoms. The second kappa shape index (κ2) is 7.44. The van der Waals surface area contributed by atoms with Crippen LogP contribution in [-0.2, 0) is 6.42 Å². The van der Waals surface area contributed by atoms with Gasteiger partial charge in [-0.05, 0) is 41.2 Å². The first-order valence-corrected chi connectivity index (χ1v) is 7.43. The van der Waals surface area contributed by atoms with Crippen molar-refractivity contribution in [2.75, 3.05) is 0 Å². The second-order valence-electron chi connectivity index (χ2n) is 4.97. The molecule has 106 valence electrons. The van der Waals surface area contributed by atoms with E-state index in [1.54, 1.807) is 6.08 Å². The molecule has 0 fully saturated rings. The molecule has 21 heavy (non-hydrogen) atoms. The van der Waals surface area contributed by atoms with Crippen LogP contribution in [0.1, 0.15) is 25.0 Å². The molecule has 0 unspecified atom stereocenters. The van der Waals surface area contributed by atoms with Crippen LogP contribution < -0.4 is 0 Å². The van der Waals surface area contributed by atoms with Crippen LogP contribution in [0, 0.1) is 0 Å². The van der Waals surface area contributed by atoms with Crippen molar-refractivity contribution in [1.82, 2.24) is 0 Å². The number of hydrogen-bond acceptors (Lipinski definition) is 0. The number of rotatable bonds is 5. The van der Waals surface area contributed by atoms with E-state index in [1.165, 1.54) is 27.8 Å². The molecule has 2 aromatic carbocycles. The summed E-state index contributed by atoms with van der Waals surface area (Å²) in [7, 11) is 0. The Balaban J connectivity index is 2.25. The van der Waals surface area contributed by atoms with Crippen molar-refractivity contribution in [2.45, 2.75) is 20.3 Å². The monoisotopic (exact) mass is 274 g/mol. The zero-order chi connectivity index (χ0) is 15.1. The van der Waals surface area contributed by atoms with Crippen LogP contribution in [0.4, 0.5) is 0 Å². The summed E-state index contributed by atoms with van der Waals surface area (Å²) in [5, 5.41) is 0. The highest BCUT2D eigenvalue weighted by atomic mass is 14.0. The summed E-state index contributed by atoms with van der Waals surface area (Å²) in [4.78, 5) is 0. The Hall–Kier alpha value is -2.34. The minimum absolute atomic E-state index is 1.08. The smallest absolute Gasteiger partial charge is 0.0184 e. The summed E-state index contributed by atoms with van der Waals surface area (Å²) >= 11 is 0. The van der Waals surface area contributed by atoms with E-state index in [0.717, 1.165) is 6.42 Å². The molecule has 2 rings (SSSR count). The Kier molecular flexibility index (Phi) is 5.34. The maximum atomic E-state index is 3.71. The molecule has 0 aliphatic carbocycles. The van der Waals surface area contributed by atoms with Crippen molar-refractivity contribution in [2.24, 2.45) is 0 Å². The zero-order valence-corrected chi connectivity index (χ0v) is 12.8. The van der Waals surface area contributed by atoms with Gasteiger partial charge in [-0.1, -0.05) is 86.3 Å². The summed E-state index contributed by atoms with van der Waals surface area (Å²) in [5.41, 5.74) is 6.33. The molecule has 0 aliphatic heterocycles. The third-order valence-electron chi connectivity index (χ3n) is 3.64. The van der Waals surface area contributed by atoms with Crippen LogP contribution in [0.25, 0.3) is 16.7 Å². The number of hydrogen-bond donors (Lipinski definition) is 0. The molecule has 0 radical (unpaired) electrons. The fourth-order valence-electron chi connectivity index (χ4n) is 2.32. The molecule has 0 saturated carbocycles. The molecule has 2 aromatic rings. The first kappa shape index (κ1) is 15.1. The SMILES string of the molecule is C=C/C=C\C(=C/C)c1ccc(-c2ccc(CC)cc2)cc1. The zero-order valence-electron chi connectivity index (χ0n) is 12.8. The molecule has 0 aromatic heterocycles. The quantitative estimate of drug-likeness (QED) is 0.581. The minimum Gasteiger partial charge on any atom is -0.0991 e. The molecular weight excluding hydrogens is 252 g/mol. The predicted molar refractivity (Wildman–Crippen MR) is 94.2 cm³/mol. The van der Waals surface area contributed by atoms with Gasteiger partial charge in [0, 0.05) is 0 Å². The first-order valence-electron chi connectivity index (χ1n) is 7.43. The van der Waals surface area contributed by atoms with E-state index in [2.05, 4.69) is 81.1 Å². The fourth-order valence-corrected chi connectivity index (χ4v) is 2.32. The summed E-state index contributed by atoms with van der Waals surface area (Å²) in [6.07, 6.45) is 9.04. The molecule has 0 nitrogen and oxygen atoms in total. The predicted octanol–water partition coefficient (Wildman–Crippen LogP) is 6.06. The molecule has 0 atom stereocenters. The van der Waals surface area contributed by atoms with E-state index in [-0.39, 0.29) is 0 Å². The van der Waals surface area contributed by atoms with Gasteiger partial charge in [0.15, 0.2) is 0 Å². The Morgan fingerprint density at radius 2 is 1.52 bits per heavy atom. The van der Waals surface area contributed by atoms with E-state index in [1.807, 2.05) is 6.08 Å². The lowest BCUT2D eigenvalue weighted by atomic mass is 9.99. The van der Waals surface area contributed by atoms with E-state index in [9.17, 15) is 0 Å². The Morgan fingerprint density at radius 1 is 0.952 bits per heavy atom. The van der Waals surface area contributed by atoms with Gasteiger partial charge in [-0.3, -0.25) is 0 Å². The van der Waals surface area contributed by atoms with Crippen molar-refractivity contribution in [3.8, 4) is 11.1 Å². The lowest BCUT2D eigenvalue weighted by molar-refractivity contribution is 1.14. The highest BCUT2D eigenvalue weighted by molar-refractivity contribution is 5.76. The number of benzene rings is 2. The van der Waals surface area contributed by atoms with E-state index >= 15 is 0 Å². The third kappa shape index (κ3) is 3.82. The molecule has 0 saturated heterocycles. The van der Waals surface area contributed by atoms with Crippen LogP contribution in [0.5, 0.6) is 0 Å². The molecular formula is C21H22. The van der Waals surface area contributed by atoms with Gasteiger partial charge in [-0.15, -0.1) is 0 Å². The summed E-state index contributed by atoms with van der Waals surface area (Å²) in [6.45, 7) is 7.95. The third-order valence-corrected chi connectivity index (χ3v) is 3.64. The summed E-state index contributed by atoms with van der Waals surface area (Å²) in [5.74, 6) is 0. The van der Waals surface area contributed by atoms with Gasteiger partial charge in [-0.2, -0.15) is 0 Å². The molecule has 0 spiro atoms. The number of allylic oxidation sites excluding steroid dienone is 5. The van der Waals surface area contributed by atoms with Crippen molar-refractivity contribution >= 4 is 5.57 Å². The van der Waals surface area contributed by atoms with Gasteiger partial charge in [-0.25, -0.2) is 0 Å². The Labute approximate surface area is 128 Å². The maximum absolute atomic E-state index is 3.71. The van der Waals surface area contributed by atoms with Gasteiger partial charge in [0.05, 0.1) is 0 Å². The van der Waals surface area contributed by atoms with Gasteiger partial charge in [0.1, 0.15) is 0 Å². The summed E-state index contributed by atoms with van der Waals surface area (Å²) < 4.78 is 0. The lowest BCUT2D eigenvalue weighted by Crippen LogP contribution is -1.84. The topological polar surface area (TPSA) is 0 Å². The fraction of sp³-hybridized carbons (Fsp3) is 0.143. The number of aryl methyl sites for hydroxylation is 1. The molecule has 0 N–H and O–H groups in total. The molecule has 0 heteroatoms. The average Bonchev–Trinajstić information content (AvgIpc) is 2.56. The molecule has 0 heterocycles. The van der Waals surface area contributed by atoms with E-state index in [0.29, 0.717) is 0 Å². The lowest BCUT2D eigenvalue weighted by Gasteiger charge is -2.06. The van der Waals surface area contributed by atoms with Crippen molar-refractivity contribution in [3.05, 3.63) is 90.5 Å². The largest absolute Gasteiger partial charge is 0.0991 e. The van der Waals surface area contributed by atoms with E-state index < -0.39 is 0 Å². The van der Waals surface area contributed by atoms with Crippen molar-refractivity contribution in [3.63, 3.8) is 0 Å². The average molecular weight is 274 g/mol. The Morgan fingerprint density at radius 3 is 2.00 bits per heavy atom. The van der Waals surface area contributed by atoms with Crippen LogP contribution >= 0.6 is 0 Å². The van der Waals surface area contributed by atoms with Crippen LogP contribution in [0.15, 0.2) is 79.4 Å². The van der Waals surface area contributed by atoms with Gasteiger partial charge in [0.25, 0.3) is 0 Å². The van der Waals surface area contributed by atoms with E-state index in [4.69, 9.17) is 0 Å². The van der Waals surface area contributed by atoms with Gasteiger partial charge < -0.3 is 0 Å². The highest BCUT2D eigenvalue weighted by Crippen LogP contribution is 2.23. The molecule has 0 amide bonds. The van der Waals surface area contributed by atoms with Crippen molar-refractivity contribution in [1.29, 1.82) is 0 Å². The maximum Gasteiger partial charge on any atom is -0.0184 e. The van der Waals surface area contributed by atoms with Gasteiger partial charge >= 0.3 is 0 Å². The normalized spacial score (nSPS) is 11.8. The standard InChI is InChI=1S/C21H22/c1-4-7-8-18(6-3)19-13-15-21(16-14-19)20-11-9-17(5-2)10-12-20/h4,6-16H,1,5H2,2-3H3/b8-7-,18-6+. The summed E-state index contributed by atoms with van der Waals surface area (Å²) in [6, 6.07) is 17.5. The van der Waals surface area contributed by atoms with Crippen molar-refractivity contribution < 1.29 is 0 Å². The van der Waals surface area contributed by atoms with Crippen LogP contribution in [0.2, 0.25) is 0 Å². The van der Waals surface area contributed by atoms with Gasteiger partial charge in [0.2, 0.25) is 0 Å². The van der Waals surface area contributed by atoms with Crippen LogP contribution in [0.3, 0.4) is 0 Å². The highest BCUT2D eigenvalue weighted by Gasteiger charge is 2.00. The molecule has 0 aliphatic rings. The minimum atomic E-state index is 1.08. The van der Waals surface area contributed by atoms with Crippen LogP contribution in [-0.4, -0.2) is 0 Å². The first-order chi connectivity index (χ1) is 10.3. The second-order valence-corrected chi connectivity index (χ2v) is 4.97. The Bertz CT molecular complexity index is 637.